The van der Waals surface area contributed by atoms with Crippen LogP contribution in [0, 0.1) is 0 Å². The van der Waals surface area contributed by atoms with Gasteiger partial charge in [-0.05, 0) is 12.1 Å². The van der Waals surface area contributed by atoms with Gasteiger partial charge in [0, 0.05) is 24.2 Å². The van der Waals surface area contributed by atoms with E-state index in [9.17, 15) is 5.11 Å². The van der Waals surface area contributed by atoms with Gasteiger partial charge in [-0.3, -0.25) is 0 Å². The molecule has 0 bridgehead atoms. The smallest absolute Gasteiger partial charge is 0.163 e. The molecule has 6 heteroatoms. The predicted octanol–water partition coefficient (Wildman–Crippen LogP) is 2.72. The number of nitrogens with zero attached hydrogens (tertiary/aromatic N) is 2. The van der Waals surface area contributed by atoms with E-state index in [1.807, 2.05) is 41.0 Å². The fourth-order valence-electron chi connectivity index (χ4n) is 2.76. The molecule has 0 aliphatic carbocycles. The summed E-state index contributed by atoms with van der Waals surface area (Å²) in [5.74, 6) is 2.76. The Morgan fingerprint density at radius 2 is 1.75 bits per heavy atom. The van der Waals surface area contributed by atoms with E-state index in [1.54, 1.807) is 21.3 Å². The summed E-state index contributed by atoms with van der Waals surface area (Å²) in [6, 6.07) is 11.4. The first kappa shape index (κ1) is 16.1. The fraction of sp³-hybridized carbons (Fsp3) is 0.278. The van der Waals surface area contributed by atoms with Crippen molar-refractivity contribution in [2.24, 2.45) is 0 Å². The number of fused-ring (bicyclic) bond motifs is 1. The minimum Gasteiger partial charge on any atom is -0.497 e. The monoisotopic (exact) mass is 328 g/mol. The third-order valence-electron chi connectivity index (χ3n) is 3.91. The number of benzene rings is 2. The summed E-state index contributed by atoms with van der Waals surface area (Å²) in [5, 5.41) is 9.47. The number of aromatic nitrogens is 2. The van der Waals surface area contributed by atoms with E-state index in [4.69, 9.17) is 19.2 Å². The van der Waals surface area contributed by atoms with E-state index in [0.29, 0.717) is 18.0 Å². The first-order valence-electron chi connectivity index (χ1n) is 7.59. The molecule has 1 heterocycles. The number of hydrogen-bond acceptors (Lipinski definition) is 5. The summed E-state index contributed by atoms with van der Waals surface area (Å²) in [5.41, 5.74) is 2.57. The Hall–Kier alpha value is -2.73. The second kappa shape index (κ2) is 6.80. The van der Waals surface area contributed by atoms with Crippen LogP contribution in [0.2, 0.25) is 0 Å². The van der Waals surface area contributed by atoms with Crippen LogP contribution in [0.4, 0.5) is 0 Å². The number of aliphatic hydroxyl groups excluding tert-OH is 1. The van der Waals surface area contributed by atoms with Crippen LogP contribution in [0.3, 0.4) is 0 Å². The first-order valence-corrected chi connectivity index (χ1v) is 7.59. The van der Waals surface area contributed by atoms with E-state index < -0.39 is 0 Å². The highest BCUT2D eigenvalue weighted by Crippen LogP contribution is 2.35. The molecule has 0 aliphatic rings. The number of rotatable bonds is 6. The van der Waals surface area contributed by atoms with Gasteiger partial charge in [0.1, 0.15) is 11.6 Å². The predicted molar refractivity (Wildman–Crippen MR) is 91.9 cm³/mol. The van der Waals surface area contributed by atoms with Crippen LogP contribution in [0.15, 0.2) is 36.4 Å². The van der Waals surface area contributed by atoms with Crippen molar-refractivity contribution in [1.82, 2.24) is 9.55 Å². The average molecular weight is 328 g/mol. The molecule has 0 unspecified atom stereocenters. The number of methoxy groups -OCH3 is 3. The van der Waals surface area contributed by atoms with Crippen LogP contribution in [-0.2, 0) is 6.54 Å². The molecule has 2 aromatic carbocycles. The third-order valence-corrected chi connectivity index (χ3v) is 3.91. The molecule has 0 atom stereocenters. The van der Waals surface area contributed by atoms with Crippen LogP contribution in [0.1, 0.15) is 0 Å². The lowest BCUT2D eigenvalue weighted by molar-refractivity contribution is 0.278. The third kappa shape index (κ3) is 2.76. The van der Waals surface area contributed by atoms with Gasteiger partial charge in [0.2, 0.25) is 0 Å². The topological polar surface area (TPSA) is 65.7 Å². The molecular formula is C18H20N2O4. The molecule has 1 aromatic heterocycles. The molecule has 24 heavy (non-hydrogen) atoms. The van der Waals surface area contributed by atoms with Crippen molar-refractivity contribution >= 4 is 11.0 Å². The molecule has 3 aromatic rings. The normalized spacial score (nSPS) is 10.8. The highest BCUT2D eigenvalue weighted by Gasteiger charge is 2.16. The minimum absolute atomic E-state index is 0.0107. The molecule has 0 saturated heterocycles. The first-order chi connectivity index (χ1) is 11.7. The Bertz CT molecular complexity index is 858. The van der Waals surface area contributed by atoms with Gasteiger partial charge in [0.25, 0.3) is 0 Å². The van der Waals surface area contributed by atoms with E-state index in [0.717, 1.165) is 28.2 Å². The van der Waals surface area contributed by atoms with Gasteiger partial charge < -0.3 is 23.9 Å². The second-order valence-electron chi connectivity index (χ2n) is 5.24. The minimum atomic E-state index is 0.0107. The van der Waals surface area contributed by atoms with Gasteiger partial charge in [-0.2, -0.15) is 0 Å². The maximum Gasteiger partial charge on any atom is 0.163 e. The van der Waals surface area contributed by atoms with Crippen LogP contribution in [0.25, 0.3) is 22.4 Å². The number of aliphatic hydroxyl groups is 1. The molecular weight excluding hydrogens is 308 g/mol. The van der Waals surface area contributed by atoms with Crippen molar-refractivity contribution in [3.05, 3.63) is 36.4 Å². The van der Waals surface area contributed by atoms with Crippen molar-refractivity contribution in [2.45, 2.75) is 6.54 Å². The molecule has 0 amide bonds. The van der Waals surface area contributed by atoms with Gasteiger partial charge in [-0.1, -0.05) is 12.1 Å². The van der Waals surface area contributed by atoms with Crippen LogP contribution >= 0.6 is 0 Å². The van der Waals surface area contributed by atoms with E-state index in [1.165, 1.54) is 0 Å². The van der Waals surface area contributed by atoms with Crippen LogP contribution in [0.5, 0.6) is 17.2 Å². The summed E-state index contributed by atoms with van der Waals surface area (Å²) in [4.78, 5) is 4.72. The molecule has 0 radical (unpaired) electrons. The Labute approximate surface area is 140 Å². The largest absolute Gasteiger partial charge is 0.497 e. The molecule has 0 spiro atoms. The SMILES string of the molecule is COc1cccc(-c2nc3cc(OC)c(OC)cc3n2CCO)c1. The zero-order valence-electron chi connectivity index (χ0n) is 13.9. The highest BCUT2D eigenvalue weighted by atomic mass is 16.5. The van der Waals surface area contributed by atoms with E-state index in [-0.39, 0.29) is 6.61 Å². The Kier molecular flexibility index (Phi) is 4.57. The lowest BCUT2D eigenvalue weighted by atomic mass is 10.2. The zero-order valence-corrected chi connectivity index (χ0v) is 13.9. The molecule has 126 valence electrons. The molecule has 3 rings (SSSR count). The molecule has 0 saturated carbocycles. The summed E-state index contributed by atoms with van der Waals surface area (Å²) in [7, 11) is 4.82. The molecule has 0 fully saturated rings. The number of ether oxygens (including phenoxy) is 3. The summed E-state index contributed by atoms with van der Waals surface area (Å²) < 4.78 is 18.0. The van der Waals surface area contributed by atoms with Gasteiger partial charge in [0.05, 0.1) is 39.0 Å². The summed E-state index contributed by atoms with van der Waals surface area (Å²) in [6.45, 7) is 0.440. The maximum absolute atomic E-state index is 9.47. The number of imidazole rings is 1. The van der Waals surface area contributed by atoms with E-state index >= 15 is 0 Å². The van der Waals surface area contributed by atoms with E-state index in [2.05, 4.69) is 0 Å². The Morgan fingerprint density at radius 3 is 2.42 bits per heavy atom. The standard InChI is InChI=1S/C18H20N2O4/c1-22-13-6-4-5-12(9-13)18-19-14-10-16(23-2)17(24-3)11-15(14)20(18)7-8-21/h4-6,9-11,21H,7-8H2,1-3H3. The quantitative estimate of drug-likeness (QED) is 0.754. The van der Waals surface area contributed by atoms with Crippen LogP contribution in [-0.4, -0.2) is 42.6 Å². The fourth-order valence-corrected chi connectivity index (χ4v) is 2.76. The van der Waals surface area contributed by atoms with Gasteiger partial charge in [-0.15, -0.1) is 0 Å². The molecule has 0 aliphatic heterocycles. The lowest BCUT2D eigenvalue weighted by Gasteiger charge is -2.10. The molecule has 6 nitrogen and oxygen atoms in total. The van der Waals surface area contributed by atoms with Crippen molar-refractivity contribution in [1.29, 1.82) is 0 Å². The maximum atomic E-state index is 9.47. The number of hydrogen-bond donors (Lipinski definition) is 1. The second-order valence-corrected chi connectivity index (χ2v) is 5.24. The van der Waals surface area contributed by atoms with Crippen molar-refractivity contribution < 1.29 is 19.3 Å². The Balaban J connectivity index is 2.24. The molecule has 1 N–H and O–H groups in total. The van der Waals surface area contributed by atoms with Crippen molar-refractivity contribution in [2.75, 3.05) is 27.9 Å². The Morgan fingerprint density at radius 1 is 1.00 bits per heavy atom. The van der Waals surface area contributed by atoms with Crippen molar-refractivity contribution in [3.8, 4) is 28.6 Å². The van der Waals surface area contributed by atoms with Crippen molar-refractivity contribution in [3.63, 3.8) is 0 Å². The lowest BCUT2D eigenvalue weighted by Crippen LogP contribution is -2.04. The zero-order chi connectivity index (χ0) is 17.1. The van der Waals surface area contributed by atoms with Gasteiger partial charge in [-0.25, -0.2) is 4.98 Å². The van der Waals surface area contributed by atoms with Gasteiger partial charge >= 0.3 is 0 Å². The van der Waals surface area contributed by atoms with Gasteiger partial charge in [0.15, 0.2) is 11.5 Å². The summed E-state index contributed by atoms with van der Waals surface area (Å²) in [6.07, 6.45) is 0. The van der Waals surface area contributed by atoms with Crippen LogP contribution < -0.4 is 14.2 Å². The summed E-state index contributed by atoms with van der Waals surface area (Å²) >= 11 is 0. The average Bonchev–Trinajstić information content (AvgIpc) is 2.98. The highest BCUT2D eigenvalue weighted by molar-refractivity contribution is 5.84.